The highest BCUT2D eigenvalue weighted by atomic mass is 16.2. The zero-order valence-electron chi connectivity index (χ0n) is 13.4. The van der Waals surface area contributed by atoms with Gasteiger partial charge in [0.25, 0.3) is 0 Å². The van der Waals surface area contributed by atoms with Gasteiger partial charge in [0.05, 0.1) is 0 Å². The zero-order chi connectivity index (χ0) is 15.2. The molecule has 1 saturated heterocycles. The van der Waals surface area contributed by atoms with Crippen LogP contribution in [0.15, 0.2) is 24.3 Å². The van der Waals surface area contributed by atoms with Gasteiger partial charge in [0, 0.05) is 44.8 Å². The largest absolute Gasteiger partial charge is 0.368 e. The number of hydrogen-bond donors (Lipinski definition) is 1. The third kappa shape index (κ3) is 3.97. The first kappa shape index (κ1) is 15.8. The van der Waals surface area contributed by atoms with Crippen molar-refractivity contribution in [2.45, 2.75) is 33.2 Å². The van der Waals surface area contributed by atoms with Crippen molar-refractivity contribution in [1.29, 1.82) is 0 Å². The van der Waals surface area contributed by atoms with Crippen LogP contribution in [0.4, 0.5) is 5.69 Å². The maximum Gasteiger partial charge on any atom is 0.219 e. The van der Waals surface area contributed by atoms with Gasteiger partial charge in [-0.05, 0) is 31.5 Å². The average molecular weight is 289 g/mol. The minimum Gasteiger partial charge on any atom is -0.368 e. The number of nitrogens with zero attached hydrogens (tertiary/aromatic N) is 2. The molecule has 1 aliphatic heterocycles. The Morgan fingerprint density at radius 3 is 2.52 bits per heavy atom. The number of hydrogen-bond acceptors (Lipinski definition) is 3. The number of nitrogens with one attached hydrogen (secondary N) is 1. The van der Waals surface area contributed by atoms with E-state index in [2.05, 4.69) is 48.3 Å². The topological polar surface area (TPSA) is 35.6 Å². The summed E-state index contributed by atoms with van der Waals surface area (Å²) in [6.45, 7) is 10.6. The molecule has 1 N–H and O–H groups in total. The Kier molecular flexibility index (Phi) is 5.62. The Morgan fingerprint density at radius 1 is 1.24 bits per heavy atom. The van der Waals surface area contributed by atoms with Crippen molar-refractivity contribution in [3.8, 4) is 0 Å². The molecule has 1 aromatic rings. The number of amides is 1. The second kappa shape index (κ2) is 7.46. The maximum absolute atomic E-state index is 11.4. The van der Waals surface area contributed by atoms with Gasteiger partial charge in [-0.2, -0.15) is 0 Å². The van der Waals surface area contributed by atoms with Gasteiger partial charge in [0.1, 0.15) is 0 Å². The Bertz CT molecular complexity index is 467. The lowest BCUT2D eigenvalue weighted by Crippen LogP contribution is -2.48. The average Bonchev–Trinajstić information content (AvgIpc) is 2.52. The van der Waals surface area contributed by atoms with Gasteiger partial charge in [-0.25, -0.2) is 0 Å². The molecule has 4 nitrogen and oxygen atoms in total. The second-order valence-electron chi connectivity index (χ2n) is 5.73. The molecule has 1 heterocycles. The summed E-state index contributed by atoms with van der Waals surface area (Å²) in [7, 11) is 0. The fourth-order valence-corrected chi connectivity index (χ4v) is 2.87. The summed E-state index contributed by atoms with van der Waals surface area (Å²) in [5.41, 5.74) is 2.65. The summed E-state index contributed by atoms with van der Waals surface area (Å²) in [6.07, 6.45) is 1.14. The van der Waals surface area contributed by atoms with Crippen LogP contribution in [0.2, 0.25) is 0 Å². The van der Waals surface area contributed by atoms with E-state index in [1.807, 2.05) is 4.90 Å². The van der Waals surface area contributed by atoms with Gasteiger partial charge in [-0.15, -0.1) is 0 Å². The van der Waals surface area contributed by atoms with E-state index < -0.39 is 0 Å². The van der Waals surface area contributed by atoms with Gasteiger partial charge in [0.2, 0.25) is 5.91 Å². The number of rotatable bonds is 5. The van der Waals surface area contributed by atoms with E-state index >= 15 is 0 Å². The highest BCUT2D eigenvalue weighted by Gasteiger charge is 2.21. The first-order valence-corrected chi connectivity index (χ1v) is 7.96. The summed E-state index contributed by atoms with van der Waals surface area (Å²) >= 11 is 0. The standard InChI is InChI=1S/C17H27N3O/c1-4-9-18-14(2)16-7-5-6-8-17(16)20-12-10-19(11-13-20)15(3)21/h5-8,14,18H,4,9-13H2,1-3H3. The van der Waals surface area contributed by atoms with Crippen LogP contribution in [0, 0.1) is 0 Å². The number of carbonyl (C=O) groups excluding carboxylic acids is 1. The molecule has 21 heavy (non-hydrogen) atoms. The molecule has 0 saturated carbocycles. The third-order valence-corrected chi connectivity index (χ3v) is 4.17. The van der Waals surface area contributed by atoms with Gasteiger partial charge in [-0.1, -0.05) is 25.1 Å². The molecule has 0 radical (unpaired) electrons. The molecule has 0 spiro atoms. The molecule has 1 amide bonds. The highest BCUT2D eigenvalue weighted by Crippen LogP contribution is 2.27. The number of carbonyl (C=O) groups is 1. The molecule has 0 aromatic heterocycles. The first-order chi connectivity index (χ1) is 10.1. The molecule has 4 heteroatoms. The quantitative estimate of drug-likeness (QED) is 0.904. The SMILES string of the molecule is CCCNC(C)c1ccccc1N1CCN(C(C)=O)CC1. The van der Waals surface area contributed by atoms with Gasteiger partial charge >= 0.3 is 0 Å². The van der Waals surface area contributed by atoms with E-state index in [0.717, 1.165) is 39.1 Å². The van der Waals surface area contributed by atoms with Gasteiger partial charge in [0.15, 0.2) is 0 Å². The molecule has 0 bridgehead atoms. The molecule has 1 aromatic carbocycles. The van der Waals surface area contributed by atoms with Crippen LogP contribution >= 0.6 is 0 Å². The van der Waals surface area contributed by atoms with Crippen LogP contribution in [0.1, 0.15) is 38.8 Å². The lowest BCUT2D eigenvalue weighted by molar-refractivity contribution is -0.129. The Labute approximate surface area is 128 Å². The predicted octanol–water partition coefficient (Wildman–Crippen LogP) is 2.42. The Morgan fingerprint density at radius 2 is 1.90 bits per heavy atom. The fraction of sp³-hybridized carbons (Fsp3) is 0.588. The first-order valence-electron chi connectivity index (χ1n) is 7.96. The van der Waals surface area contributed by atoms with Crippen molar-refractivity contribution in [2.24, 2.45) is 0 Å². The van der Waals surface area contributed by atoms with Crippen molar-refractivity contribution in [3.05, 3.63) is 29.8 Å². The Hall–Kier alpha value is -1.55. The molecule has 2 rings (SSSR count). The summed E-state index contributed by atoms with van der Waals surface area (Å²) < 4.78 is 0. The molecular formula is C17H27N3O. The van der Waals surface area contributed by atoms with Gasteiger partial charge < -0.3 is 15.1 Å². The van der Waals surface area contributed by atoms with Crippen LogP contribution in [0.5, 0.6) is 0 Å². The van der Waals surface area contributed by atoms with Crippen LogP contribution in [-0.4, -0.2) is 43.5 Å². The smallest absolute Gasteiger partial charge is 0.219 e. The van der Waals surface area contributed by atoms with Crippen molar-refractivity contribution >= 4 is 11.6 Å². The molecule has 116 valence electrons. The monoisotopic (exact) mass is 289 g/mol. The van der Waals surface area contributed by atoms with Crippen molar-refractivity contribution in [1.82, 2.24) is 10.2 Å². The lowest BCUT2D eigenvalue weighted by Gasteiger charge is -2.37. The van der Waals surface area contributed by atoms with Crippen LogP contribution < -0.4 is 10.2 Å². The number of para-hydroxylation sites is 1. The van der Waals surface area contributed by atoms with Crippen molar-refractivity contribution in [3.63, 3.8) is 0 Å². The molecule has 1 aliphatic rings. The fourth-order valence-electron chi connectivity index (χ4n) is 2.87. The zero-order valence-corrected chi connectivity index (χ0v) is 13.4. The summed E-state index contributed by atoms with van der Waals surface area (Å²) in [5, 5.41) is 3.56. The lowest BCUT2D eigenvalue weighted by atomic mass is 10.0. The summed E-state index contributed by atoms with van der Waals surface area (Å²) in [4.78, 5) is 15.8. The molecule has 0 aliphatic carbocycles. The molecular weight excluding hydrogens is 262 g/mol. The van der Waals surface area contributed by atoms with E-state index in [0.29, 0.717) is 6.04 Å². The van der Waals surface area contributed by atoms with Crippen LogP contribution in [-0.2, 0) is 4.79 Å². The van der Waals surface area contributed by atoms with E-state index in [-0.39, 0.29) is 5.91 Å². The molecule has 1 fully saturated rings. The third-order valence-electron chi connectivity index (χ3n) is 4.17. The Balaban J connectivity index is 2.08. The molecule has 1 unspecified atom stereocenters. The van der Waals surface area contributed by atoms with E-state index in [4.69, 9.17) is 0 Å². The van der Waals surface area contributed by atoms with Crippen LogP contribution in [0.25, 0.3) is 0 Å². The number of piperazine rings is 1. The van der Waals surface area contributed by atoms with Crippen LogP contribution in [0.3, 0.4) is 0 Å². The minimum absolute atomic E-state index is 0.181. The summed E-state index contributed by atoms with van der Waals surface area (Å²) in [6, 6.07) is 8.97. The van der Waals surface area contributed by atoms with E-state index in [9.17, 15) is 4.79 Å². The van der Waals surface area contributed by atoms with Crippen molar-refractivity contribution in [2.75, 3.05) is 37.6 Å². The minimum atomic E-state index is 0.181. The molecule has 1 atom stereocenters. The number of anilines is 1. The van der Waals surface area contributed by atoms with Crippen molar-refractivity contribution < 1.29 is 4.79 Å². The normalized spacial score (nSPS) is 16.9. The van der Waals surface area contributed by atoms with E-state index in [1.54, 1.807) is 6.92 Å². The predicted molar refractivity (Wildman–Crippen MR) is 87.6 cm³/mol. The van der Waals surface area contributed by atoms with Gasteiger partial charge in [-0.3, -0.25) is 4.79 Å². The highest BCUT2D eigenvalue weighted by molar-refractivity contribution is 5.73. The maximum atomic E-state index is 11.4. The number of benzene rings is 1. The second-order valence-corrected chi connectivity index (χ2v) is 5.73. The van der Waals surface area contributed by atoms with E-state index in [1.165, 1.54) is 11.3 Å². The summed E-state index contributed by atoms with van der Waals surface area (Å²) in [5.74, 6) is 0.181.